The molecule has 9 heteroatoms. The fraction of sp³-hybridized carbons (Fsp3) is 0.333. The van der Waals surface area contributed by atoms with Crippen molar-refractivity contribution < 1.29 is 8.42 Å². The van der Waals surface area contributed by atoms with Crippen LogP contribution in [0.15, 0.2) is 74.2 Å². The number of aliphatic imine (C=N–C) groups is 2. The number of benzene rings is 1. The van der Waals surface area contributed by atoms with Crippen molar-refractivity contribution >= 4 is 33.5 Å². The molecule has 1 aromatic rings. The van der Waals surface area contributed by atoms with Crippen LogP contribution in [0.3, 0.4) is 0 Å². The second-order valence-electron chi connectivity index (χ2n) is 7.44. The van der Waals surface area contributed by atoms with Gasteiger partial charge in [-0.05, 0) is 49.1 Å². The number of allylic oxidation sites excluding steroid dienone is 2. The average Bonchev–Trinajstić information content (AvgIpc) is 3.09. The largest absolute Gasteiger partial charge is 0.368 e. The molecule has 2 heterocycles. The number of fused-ring (bicyclic) bond motifs is 1. The molecule has 0 aromatic heterocycles. The van der Waals surface area contributed by atoms with Gasteiger partial charge in [-0.1, -0.05) is 24.3 Å². The summed E-state index contributed by atoms with van der Waals surface area (Å²) in [5, 5.41) is 8.76. The molecule has 0 saturated carbocycles. The Labute approximate surface area is 181 Å². The smallest absolute Gasteiger partial charge is 0.238 e. The van der Waals surface area contributed by atoms with Crippen LogP contribution in [-0.4, -0.2) is 50.4 Å². The lowest BCUT2D eigenvalue weighted by molar-refractivity contribution is 0.406. The monoisotopic (exact) mass is 443 g/mol. The molecular weight excluding hydrogens is 418 g/mol. The minimum atomic E-state index is -3.70. The van der Waals surface area contributed by atoms with Crippen LogP contribution in [0.5, 0.6) is 0 Å². The van der Waals surface area contributed by atoms with Crippen LogP contribution in [0, 0.1) is 0 Å². The second-order valence-corrected chi connectivity index (χ2v) is 9.85. The molecule has 1 aromatic carbocycles. The Hall–Kier alpha value is -2.36. The van der Waals surface area contributed by atoms with Gasteiger partial charge in [0.05, 0.1) is 10.9 Å². The van der Waals surface area contributed by atoms with Gasteiger partial charge in [-0.15, -0.1) is 11.8 Å². The highest BCUT2D eigenvalue weighted by Gasteiger charge is 2.35. The number of hydrogen-bond donors (Lipinski definition) is 2. The molecule has 158 valence electrons. The van der Waals surface area contributed by atoms with Gasteiger partial charge in [0.1, 0.15) is 17.7 Å². The number of likely N-dealkylation sites (N-methyl/N-ethyl adjacent to an activating group) is 1. The number of amidine groups is 2. The number of thioether (sulfide) groups is 1. The van der Waals surface area contributed by atoms with Crippen molar-refractivity contribution in [2.45, 2.75) is 36.2 Å². The molecule has 2 unspecified atom stereocenters. The molecule has 2 atom stereocenters. The number of sulfonamides is 1. The van der Waals surface area contributed by atoms with Crippen LogP contribution in [0.2, 0.25) is 0 Å². The summed E-state index contributed by atoms with van der Waals surface area (Å²) in [6.45, 7) is 0. The number of nitrogens with zero attached hydrogens (tertiary/aromatic N) is 3. The first kappa shape index (κ1) is 20.9. The van der Waals surface area contributed by atoms with E-state index in [1.807, 2.05) is 13.2 Å². The van der Waals surface area contributed by atoms with Crippen LogP contribution in [0.4, 0.5) is 0 Å². The fourth-order valence-corrected chi connectivity index (χ4v) is 4.95. The maximum Gasteiger partial charge on any atom is 0.238 e. The molecule has 7 nitrogen and oxygen atoms in total. The lowest BCUT2D eigenvalue weighted by Gasteiger charge is -2.31. The molecule has 2 aliphatic heterocycles. The van der Waals surface area contributed by atoms with Crippen molar-refractivity contribution in [3.8, 4) is 0 Å². The van der Waals surface area contributed by atoms with Crippen LogP contribution in [-0.2, 0) is 16.4 Å². The summed E-state index contributed by atoms with van der Waals surface area (Å²) in [5.74, 6) is 1.60. The van der Waals surface area contributed by atoms with E-state index in [1.54, 1.807) is 23.9 Å². The maximum absolute atomic E-state index is 11.5. The van der Waals surface area contributed by atoms with Crippen LogP contribution >= 0.6 is 11.8 Å². The molecule has 30 heavy (non-hydrogen) atoms. The highest BCUT2D eigenvalue weighted by atomic mass is 32.2. The summed E-state index contributed by atoms with van der Waals surface area (Å²) in [5.41, 5.74) is 2.03. The van der Waals surface area contributed by atoms with E-state index in [9.17, 15) is 8.42 Å². The topological polar surface area (TPSA) is 100 Å². The zero-order valence-corrected chi connectivity index (χ0v) is 18.6. The van der Waals surface area contributed by atoms with Crippen LogP contribution < -0.4 is 10.5 Å². The first-order chi connectivity index (χ1) is 14.3. The molecule has 3 aliphatic rings. The lowest BCUT2D eigenvalue weighted by atomic mass is 10.1. The van der Waals surface area contributed by atoms with E-state index in [1.165, 1.54) is 17.0 Å². The molecule has 0 fully saturated rings. The predicted octanol–water partition coefficient (Wildman–Crippen LogP) is 2.40. The van der Waals surface area contributed by atoms with Gasteiger partial charge in [0.25, 0.3) is 0 Å². The number of primary sulfonamides is 1. The summed E-state index contributed by atoms with van der Waals surface area (Å²) < 4.78 is 22.9. The third-order valence-electron chi connectivity index (χ3n) is 5.32. The zero-order chi connectivity index (χ0) is 21.3. The van der Waals surface area contributed by atoms with E-state index < -0.39 is 10.0 Å². The summed E-state index contributed by atoms with van der Waals surface area (Å²) in [6.07, 6.45) is 13.3. The van der Waals surface area contributed by atoms with Crippen LogP contribution in [0.1, 0.15) is 18.4 Å². The van der Waals surface area contributed by atoms with E-state index in [2.05, 4.69) is 34.7 Å². The average molecular weight is 444 g/mol. The number of nitrogens with two attached hydrogens (primary N) is 1. The van der Waals surface area contributed by atoms with E-state index in [-0.39, 0.29) is 17.0 Å². The lowest BCUT2D eigenvalue weighted by Crippen LogP contribution is -2.48. The SMILES string of the molecule is CSC1=CCCC=C1NC1=NC(Cc2ccc(S(N)(=O)=O)cc2)=NC2C=CN(C)C12. The molecule has 0 amide bonds. The maximum atomic E-state index is 11.5. The number of rotatable bonds is 5. The first-order valence-electron chi connectivity index (χ1n) is 9.74. The molecule has 0 bridgehead atoms. The molecule has 4 rings (SSSR count). The minimum absolute atomic E-state index is 0.000377. The van der Waals surface area contributed by atoms with E-state index in [0.29, 0.717) is 12.3 Å². The molecule has 1 aliphatic carbocycles. The van der Waals surface area contributed by atoms with Crippen LogP contribution in [0.25, 0.3) is 0 Å². The summed E-state index contributed by atoms with van der Waals surface area (Å²) in [7, 11) is -1.67. The van der Waals surface area contributed by atoms with Gasteiger partial charge >= 0.3 is 0 Å². The molecular formula is C21H25N5O2S2. The number of hydrogen-bond acceptors (Lipinski definition) is 7. The first-order valence-corrected chi connectivity index (χ1v) is 12.5. The van der Waals surface area contributed by atoms with Gasteiger partial charge in [-0.3, -0.25) is 4.99 Å². The zero-order valence-electron chi connectivity index (χ0n) is 16.9. The highest BCUT2D eigenvalue weighted by Crippen LogP contribution is 2.28. The van der Waals surface area contributed by atoms with Crippen molar-refractivity contribution in [1.82, 2.24) is 10.2 Å². The minimum Gasteiger partial charge on any atom is -0.368 e. The van der Waals surface area contributed by atoms with Crippen molar-refractivity contribution in [3.05, 3.63) is 64.9 Å². The Morgan fingerprint density at radius 2 is 1.97 bits per heavy atom. The Kier molecular flexibility index (Phi) is 5.86. The van der Waals surface area contributed by atoms with E-state index in [4.69, 9.17) is 15.1 Å². The Morgan fingerprint density at radius 3 is 2.67 bits per heavy atom. The summed E-state index contributed by atoms with van der Waals surface area (Å²) in [4.78, 5) is 13.1. The Balaban J connectivity index is 1.59. The molecule has 3 N–H and O–H groups in total. The summed E-state index contributed by atoms with van der Waals surface area (Å²) >= 11 is 1.73. The Bertz CT molecular complexity index is 1080. The van der Waals surface area contributed by atoms with Gasteiger partial charge in [-0.2, -0.15) is 0 Å². The third kappa shape index (κ3) is 4.38. The highest BCUT2D eigenvalue weighted by molar-refractivity contribution is 8.02. The van der Waals surface area contributed by atoms with Gasteiger partial charge in [0.2, 0.25) is 10.0 Å². The van der Waals surface area contributed by atoms with Gasteiger partial charge in [0, 0.05) is 24.1 Å². The summed E-state index contributed by atoms with van der Waals surface area (Å²) in [6, 6.07) is 6.60. The Morgan fingerprint density at radius 1 is 1.23 bits per heavy atom. The van der Waals surface area contributed by atoms with E-state index in [0.717, 1.165) is 29.9 Å². The van der Waals surface area contributed by atoms with Crippen molar-refractivity contribution in [2.24, 2.45) is 15.1 Å². The third-order valence-corrected chi connectivity index (χ3v) is 7.07. The van der Waals surface area contributed by atoms with Crippen molar-refractivity contribution in [2.75, 3.05) is 13.3 Å². The normalized spacial score (nSPS) is 23.4. The number of nitrogens with one attached hydrogen (secondary N) is 1. The standard InChI is InChI=1S/C21H25N5O2S2/c1-26-12-11-17-20(26)21(24-16-5-3-4-6-18(16)29-2)25-19(23-17)13-14-7-9-15(10-8-14)30(22,27)28/h5-12,17,20H,3-4,13H2,1-2H3,(H2,22,27,28)(H,23,24,25). The second kappa shape index (κ2) is 8.41. The molecule has 0 spiro atoms. The van der Waals surface area contributed by atoms with Crippen molar-refractivity contribution in [1.29, 1.82) is 0 Å². The van der Waals surface area contributed by atoms with Crippen molar-refractivity contribution in [3.63, 3.8) is 0 Å². The predicted molar refractivity (Wildman–Crippen MR) is 123 cm³/mol. The van der Waals surface area contributed by atoms with Gasteiger partial charge < -0.3 is 10.2 Å². The van der Waals surface area contributed by atoms with Gasteiger partial charge in [0.15, 0.2) is 0 Å². The molecule has 0 saturated heterocycles. The quantitative estimate of drug-likeness (QED) is 0.728. The van der Waals surface area contributed by atoms with E-state index >= 15 is 0 Å². The molecule has 0 radical (unpaired) electrons. The fourth-order valence-electron chi connectivity index (χ4n) is 3.80. The van der Waals surface area contributed by atoms with Gasteiger partial charge in [-0.25, -0.2) is 18.5 Å².